The van der Waals surface area contributed by atoms with Gasteiger partial charge in [-0.1, -0.05) is 49.7 Å². The predicted molar refractivity (Wildman–Crippen MR) is 111 cm³/mol. The van der Waals surface area contributed by atoms with Crippen molar-refractivity contribution in [2.24, 2.45) is 10.4 Å². The lowest BCUT2D eigenvalue weighted by Crippen LogP contribution is -2.50. The van der Waals surface area contributed by atoms with Gasteiger partial charge in [-0.3, -0.25) is 9.79 Å². The third kappa shape index (κ3) is 5.02. The van der Waals surface area contributed by atoms with Crippen LogP contribution in [0.5, 0.6) is 0 Å². The Labute approximate surface area is 177 Å². The van der Waals surface area contributed by atoms with Crippen LogP contribution in [-0.4, -0.2) is 29.0 Å². The second-order valence-corrected chi connectivity index (χ2v) is 8.80. The third-order valence-electron chi connectivity index (χ3n) is 4.97. The molecular weight excluding hydrogens is 417 g/mol. The molecule has 0 saturated heterocycles. The summed E-state index contributed by atoms with van der Waals surface area (Å²) in [5, 5.41) is 13.7. The molecule has 0 saturated carbocycles. The van der Waals surface area contributed by atoms with Crippen molar-refractivity contribution in [2.45, 2.75) is 44.9 Å². The van der Waals surface area contributed by atoms with Gasteiger partial charge >= 0.3 is 6.18 Å². The van der Waals surface area contributed by atoms with Gasteiger partial charge in [0.25, 0.3) is 0 Å². The number of nitrogens with one attached hydrogen (secondary N) is 1. The third-order valence-corrected chi connectivity index (χ3v) is 5.21. The van der Waals surface area contributed by atoms with Crippen LogP contribution in [0.1, 0.15) is 31.4 Å². The molecule has 0 aromatic heterocycles. The zero-order valence-corrected chi connectivity index (χ0v) is 17.3. The van der Waals surface area contributed by atoms with Crippen molar-refractivity contribution in [1.82, 2.24) is 0 Å². The number of anilines is 1. The van der Waals surface area contributed by atoms with E-state index in [2.05, 4.69) is 10.3 Å². The van der Waals surface area contributed by atoms with Crippen LogP contribution < -0.4 is 5.32 Å². The number of fused-ring (bicyclic) bond motifs is 1. The summed E-state index contributed by atoms with van der Waals surface area (Å²) in [4.78, 5) is 15.5. The summed E-state index contributed by atoms with van der Waals surface area (Å²) in [6.07, 6.45) is -4.55. The molecule has 1 aliphatic rings. The molecule has 0 aliphatic carbocycles. The van der Waals surface area contributed by atoms with Gasteiger partial charge < -0.3 is 10.4 Å². The van der Waals surface area contributed by atoms with Crippen LogP contribution in [0.15, 0.2) is 47.5 Å². The van der Waals surface area contributed by atoms with Gasteiger partial charge in [-0.25, -0.2) is 0 Å². The predicted octanol–water partition coefficient (Wildman–Crippen LogP) is 5.49. The Balaban J connectivity index is 1.87. The summed E-state index contributed by atoms with van der Waals surface area (Å²) < 4.78 is 41.5. The molecule has 1 atom stereocenters. The Kier molecular flexibility index (Phi) is 5.98. The standard InChI is InChI=1S/C22H22ClF3N2O2/c1-20(2,11-14-5-3-7-16(23)9-14)12-21(30,22(24,25)26)13-27-17-8-4-6-15-10-18(29)28-19(15)17/h3-9,13,30H,10-12H2,1-2H3,(H,28,29). The van der Waals surface area contributed by atoms with Gasteiger partial charge in [0, 0.05) is 11.2 Å². The van der Waals surface area contributed by atoms with Crippen molar-refractivity contribution in [3.63, 3.8) is 0 Å². The Bertz CT molecular complexity index is 989. The Hall–Kier alpha value is -2.38. The number of carbonyl (C=O) groups excluding carboxylic acids is 1. The minimum Gasteiger partial charge on any atom is -0.376 e. The van der Waals surface area contributed by atoms with Crippen molar-refractivity contribution in [3.8, 4) is 0 Å². The second kappa shape index (κ2) is 8.04. The van der Waals surface area contributed by atoms with Gasteiger partial charge in [-0.2, -0.15) is 13.2 Å². The first-order valence-electron chi connectivity index (χ1n) is 9.39. The van der Waals surface area contributed by atoms with Gasteiger partial charge in [-0.15, -0.1) is 0 Å². The molecule has 160 valence electrons. The molecule has 4 nitrogen and oxygen atoms in total. The fraction of sp³-hybridized carbons (Fsp3) is 0.364. The SMILES string of the molecule is CC(C)(Cc1cccc(Cl)c1)CC(O)(C=Nc1cccc2c1NC(=O)C2)C(F)(F)F. The summed E-state index contributed by atoms with van der Waals surface area (Å²) in [6.45, 7) is 3.30. The highest BCUT2D eigenvalue weighted by molar-refractivity contribution is 6.30. The first-order valence-corrected chi connectivity index (χ1v) is 9.77. The summed E-state index contributed by atoms with van der Waals surface area (Å²) in [7, 11) is 0. The number of aliphatic hydroxyl groups is 1. The molecule has 2 aromatic carbocycles. The molecule has 2 aromatic rings. The number of hydrogen-bond donors (Lipinski definition) is 2. The molecule has 0 spiro atoms. The zero-order valence-electron chi connectivity index (χ0n) is 16.6. The van der Waals surface area contributed by atoms with E-state index in [-0.39, 0.29) is 24.4 Å². The van der Waals surface area contributed by atoms with E-state index >= 15 is 0 Å². The Morgan fingerprint density at radius 3 is 2.57 bits per heavy atom. The second-order valence-electron chi connectivity index (χ2n) is 8.36. The highest BCUT2D eigenvalue weighted by atomic mass is 35.5. The van der Waals surface area contributed by atoms with E-state index < -0.39 is 23.6 Å². The molecule has 30 heavy (non-hydrogen) atoms. The molecule has 2 N–H and O–H groups in total. The summed E-state index contributed by atoms with van der Waals surface area (Å²) >= 11 is 5.97. The highest BCUT2D eigenvalue weighted by Crippen LogP contribution is 2.41. The number of amides is 1. The van der Waals surface area contributed by atoms with Gasteiger partial charge in [0.05, 0.1) is 17.8 Å². The molecule has 0 radical (unpaired) electrons. The topological polar surface area (TPSA) is 61.7 Å². The number of benzene rings is 2. The van der Waals surface area contributed by atoms with E-state index in [0.717, 1.165) is 5.56 Å². The maximum atomic E-state index is 13.8. The van der Waals surface area contributed by atoms with Crippen LogP contribution in [0, 0.1) is 5.41 Å². The van der Waals surface area contributed by atoms with Crippen molar-refractivity contribution < 1.29 is 23.1 Å². The lowest BCUT2D eigenvalue weighted by atomic mass is 9.76. The molecule has 1 heterocycles. The Morgan fingerprint density at radius 2 is 1.90 bits per heavy atom. The van der Waals surface area contributed by atoms with Crippen molar-refractivity contribution >= 4 is 35.1 Å². The number of alkyl halides is 3. The molecule has 3 rings (SSSR count). The van der Waals surface area contributed by atoms with Crippen LogP contribution >= 0.6 is 11.6 Å². The number of nitrogens with zero attached hydrogens (tertiary/aromatic N) is 1. The van der Waals surface area contributed by atoms with E-state index in [1.54, 1.807) is 50.2 Å². The number of halogens is 4. The van der Waals surface area contributed by atoms with Gasteiger partial charge in [0.1, 0.15) is 0 Å². The van der Waals surface area contributed by atoms with Gasteiger partial charge in [0.15, 0.2) is 5.60 Å². The van der Waals surface area contributed by atoms with Crippen molar-refractivity contribution in [3.05, 3.63) is 58.6 Å². The number of aliphatic imine (C=N–C) groups is 1. The summed E-state index contributed by atoms with van der Waals surface area (Å²) in [5.41, 5.74) is -2.06. The van der Waals surface area contributed by atoms with Gasteiger partial charge in [-0.05, 0) is 47.6 Å². The molecule has 1 aliphatic heterocycles. The summed E-state index contributed by atoms with van der Waals surface area (Å²) in [5.74, 6) is -0.249. The van der Waals surface area contributed by atoms with E-state index in [9.17, 15) is 23.1 Å². The molecule has 8 heteroatoms. The minimum absolute atomic E-state index is 0.148. The molecular formula is C22H22ClF3N2O2. The number of hydrogen-bond acceptors (Lipinski definition) is 3. The van der Waals surface area contributed by atoms with E-state index in [0.29, 0.717) is 22.5 Å². The lowest BCUT2D eigenvalue weighted by Gasteiger charge is -2.35. The van der Waals surface area contributed by atoms with E-state index in [1.165, 1.54) is 6.07 Å². The van der Waals surface area contributed by atoms with Crippen LogP contribution in [0.2, 0.25) is 5.02 Å². The fourth-order valence-electron chi connectivity index (χ4n) is 3.73. The lowest BCUT2D eigenvalue weighted by molar-refractivity contribution is -0.237. The van der Waals surface area contributed by atoms with E-state index in [1.807, 2.05) is 0 Å². The fourth-order valence-corrected chi connectivity index (χ4v) is 3.94. The minimum atomic E-state index is -4.93. The monoisotopic (exact) mass is 438 g/mol. The van der Waals surface area contributed by atoms with Crippen LogP contribution in [0.3, 0.4) is 0 Å². The number of rotatable bonds is 6. The largest absolute Gasteiger partial charge is 0.422 e. The first-order chi connectivity index (χ1) is 13.9. The average molecular weight is 439 g/mol. The number of para-hydroxylation sites is 1. The van der Waals surface area contributed by atoms with Crippen LogP contribution in [0.4, 0.5) is 24.5 Å². The van der Waals surface area contributed by atoms with E-state index in [4.69, 9.17) is 11.6 Å². The molecule has 0 fully saturated rings. The quantitative estimate of drug-likeness (QED) is 0.586. The zero-order chi connectivity index (χ0) is 22.2. The van der Waals surface area contributed by atoms with Crippen LogP contribution in [0.25, 0.3) is 0 Å². The maximum Gasteiger partial charge on any atom is 0.422 e. The molecule has 1 amide bonds. The van der Waals surface area contributed by atoms with Gasteiger partial charge in [0.2, 0.25) is 5.91 Å². The maximum absolute atomic E-state index is 13.8. The first kappa shape index (κ1) is 22.3. The number of carbonyl (C=O) groups is 1. The molecule has 1 unspecified atom stereocenters. The Morgan fingerprint density at radius 1 is 1.20 bits per heavy atom. The smallest absolute Gasteiger partial charge is 0.376 e. The van der Waals surface area contributed by atoms with Crippen molar-refractivity contribution in [1.29, 1.82) is 0 Å². The van der Waals surface area contributed by atoms with Crippen LogP contribution in [-0.2, 0) is 17.6 Å². The summed E-state index contributed by atoms with van der Waals surface area (Å²) in [6, 6.07) is 11.7. The molecule has 0 bridgehead atoms. The normalized spacial score (nSPS) is 16.4. The highest BCUT2D eigenvalue weighted by Gasteiger charge is 2.55. The average Bonchev–Trinajstić information content (AvgIpc) is 2.98. The van der Waals surface area contributed by atoms with Crippen molar-refractivity contribution in [2.75, 3.05) is 5.32 Å².